The molecule has 4 heteroatoms. The van der Waals surface area contributed by atoms with E-state index < -0.39 is 0 Å². The van der Waals surface area contributed by atoms with Gasteiger partial charge < -0.3 is 18.6 Å². The fourth-order valence-electron chi connectivity index (χ4n) is 2.52. The quantitative estimate of drug-likeness (QED) is 0.606. The molecule has 24 heavy (non-hydrogen) atoms. The smallest absolute Gasteiger partial charge is 0.158 e. The van der Waals surface area contributed by atoms with E-state index in [1.807, 2.05) is 66.7 Å². The van der Waals surface area contributed by atoms with Gasteiger partial charge in [0.15, 0.2) is 5.75 Å². The summed E-state index contributed by atoms with van der Waals surface area (Å²) in [5.74, 6) is 2.34. The second-order valence-corrected chi connectivity index (χ2v) is 5.68. The first kappa shape index (κ1) is 14.8. The van der Waals surface area contributed by atoms with Crippen LogP contribution >= 0.6 is 0 Å². The van der Waals surface area contributed by atoms with Gasteiger partial charge in [-0.3, -0.25) is 0 Å². The van der Waals surface area contributed by atoms with Gasteiger partial charge in [-0.15, -0.1) is 0 Å². The Bertz CT molecular complexity index is 767. The van der Waals surface area contributed by atoms with Gasteiger partial charge in [0.1, 0.15) is 43.2 Å². The van der Waals surface area contributed by atoms with Gasteiger partial charge in [-0.05, 0) is 17.7 Å². The molecule has 0 saturated carbocycles. The van der Waals surface area contributed by atoms with E-state index in [2.05, 4.69) is 0 Å². The lowest BCUT2D eigenvalue weighted by molar-refractivity contribution is 0.258. The number of para-hydroxylation sites is 1. The number of ether oxygens (including phenoxy) is 3. The van der Waals surface area contributed by atoms with Gasteiger partial charge in [-0.25, -0.2) is 0 Å². The highest BCUT2D eigenvalue weighted by Gasteiger charge is 2.43. The number of hydrogen-bond acceptors (Lipinski definition) is 4. The Morgan fingerprint density at radius 3 is 2.38 bits per heavy atom. The number of hydrogen-bond donors (Lipinski definition) is 0. The Kier molecular flexibility index (Phi) is 4.21. The van der Waals surface area contributed by atoms with Crippen LogP contribution in [0.4, 0.5) is 0 Å². The van der Waals surface area contributed by atoms with Crippen LogP contribution in [0, 0.1) is 0 Å². The minimum Gasteiger partial charge on any atom is -0.491 e. The predicted octanol–water partition coefficient (Wildman–Crippen LogP) is 4.38. The molecular weight excluding hydrogens is 304 g/mol. The molecule has 1 saturated heterocycles. The molecule has 2 atom stereocenters. The monoisotopic (exact) mass is 322 g/mol. The standard InChI is InChI=1S/C20H18O4/c1-3-7-15(8-4-1)12-21-17-11-18(23-13-17)20-19(24-20)14-22-16-9-5-2-6-10-16/h1-11,13,19-20H,12,14H2. The number of rotatable bonds is 7. The molecule has 4 nitrogen and oxygen atoms in total. The van der Waals surface area contributed by atoms with E-state index >= 15 is 0 Å². The van der Waals surface area contributed by atoms with E-state index in [-0.39, 0.29) is 12.2 Å². The molecule has 0 aliphatic carbocycles. The molecule has 0 N–H and O–H groups in total. The van der Waals surface area contributed by atoms with Crippen LogP contribution in [0.3, 0.4) is 0 Å². The van der Waals surface area contributed by atoms with Gasteiger partial charge in [0.2, 0.25) is 0 Å². The van der Waals surface area contributed by atoms with Crippen molar-refractivity contribution in [2.75, 3.05) is 6.61 Å². The molecule has 0 amide bonds. The first-order valence-corrected chi connectivity index (χ1v) is 7.97. The van der Waals surface area contributed by atoms with Gasteiger partial charge in [0.05, 0.1) is 0 Å². The van der Waals surface area contributed by atoms with Crippen molar-refractivity contribution in [3.63, 3.8) is 0 Å². The van der Waals surface area contributed by atoms with E-state index in [1.165, 1.54) is 0 Å². The highest BCUT2D eigenvalue weighted by Crippen LogP contribution is 2.40. The van der Waals surface area contributed by atoms with Crippen molar-refractivity contribution >= 4 is 0 Å². The maximum absolute atomic E-state index is 5.73. The largest absolute Gasteiger partial charge is 0.491 e. The molecule has 1 fully saturated rings. The highest BCUT2D eigenvalue weighted by atomic mass is 16.6. The highest BCUT2D eigenvalue weighted by molar-refractivity contribution is 5.25. The van der Waals surface area contributed by atoms with Crippen molar-refractivity contribution < 1.29 is 18.6 Å². The zero-order chi connectivity index (χ0) is 16.2. The molecule has 1 aliphatic rings. The molecule has 2 aromatic carbocycles. The molecular formula is C20H18O4. The van der Waals surface area contributed by atoms with Crippen molar-refractivity contribution in [3.05, 3.63) is 84.3 Å². The lowest BCUT2D eigenvalue weighted by atomic mass is 10.2. The van der Waals surface area contributed by atoms with Crippen molar-refractivity contribution in [2.24, 2.45) is 0 Å². The summed E-state index contributed by atoms with van der Waals surface area (Å²) in [6.07, 6.45) is 1.59. The van der Waals surface area contributed by atoms with Crippen molar-refractivity contribution in [1.82, 2.24) is 0 Å². The van der Waals surface area contributed by atoms with Crippen LogP contribution in [0.1, 0.15) is 17.4 Å². The maximum atomic E-state index is 5.73. The van der Waals surface area contributed by atoms with E-state index in [9.17, 15) is 0 Å². The van der Waals surface area contributed by atoms with E-state index in [0.29, 0.717) is 19.0 Å². The van der Waals surface area contributed by atoms with Gasteiger partial charge in [-0.1, -0.05) is 48.5 Å². The molecule has 1 aliphatic heterocycles. The summed E-state index contributed by atoms with van der Waals surface area (Å²) in [5, 5.41) is 0. The SMILES string of the molecule is c1ccc(COc2coc(C3OC3COc3ccccc3)c2)cc1. The third-order valence-electron chi connectivity index (χ3n) is 3.86. The molecule has 0 spiro atoms. The molecule has 4 rings (SSSR count). The summed E-state index contributed by atoms with van der Waals surface area (Å²) in [7, 11) is 0. The topological polar surface area (TPSA) is 44.1 Å². The van der Waals surface area contributed by atoms with Gasteiger partial charge in [0, 0.05) is 6.07 Å². The summed E-state index contributed by atoms with van der Waals surface area (Å²) >= 11 is 0. The molecule has 0 radical (unpaired) electrons. The molecule has 122 valence electrons. The zero-order valence-electron chi connectivity index (χ0n) is 13.1. The first-order valence-electron chi connectivity index (χ1n) is 7.97. The summed E-state index contributed by atoms with van der Waals surface area (Å²) in [4.78, 5) is 0. The Hall–Kier alpha value is -2.72. The Labute approximate surface area is 140 Å². The first-order chi connectivity index (χ1) is 11.9. The molecule has 0 bridgehead atoms. The summed E-state index contributed by atoms with van der Waals surface area (Å²) in [6.45, 7) is 1.03. The van der Waals surface area contributed by atoms with E-state index in [0.717, 1.165) is 17.1 Å². The summed E-state index contributed by atoms with van der Waals surface area (Å²) in [5.41, 5.74) is 1.12. The van der Waals surface area contributed by atoms with Gasteiger partial charge >= 0.3 is 0 Å². The normalized spacial score (nSPS) is 19.0. The summed E-state index contributed by atoms with van der Waals surface area (Å²) < 4.78 is 22.6. The Morgan fingerprint density at radius 1 is 0.833 bits per heavy atom. The lowest BCUT2D eigenvalue weighted by Gasteiger charge is -2.02. The number of epoxide rings is 1. The predicted molar refractivity (Wildman–Crippen MR) is 89.0 cm³/mol. The molecule has 2 heterocycles. The van der Waals surface area contributed by atoms with Crippen molar-refractivity contribution in [1.29, 1.82) is 0 Å². The van der Waals surface area contributed by atoms with Crippen LogP contribution in [0.2, 0.25) is 0 Å². The summed E-state index contributed by atoms with van der Waals surface area (Å²) in [6, 6.07) is 21.6. The zero-order valence-corrected chi connectivity index (χ0v) is 13.1. The maximum Gasteiger partial charge on any atom is 0.158 e. The third kappa shape index (κ3) is 3.60. The van der Waals surface area contributed by atoms with Crippen LogP contribution in [0.5, 0.6) is 11.5 Å². The second-order valence-electron chi connectivity index (χ2n) is 5.68. The molecule has 2 unspecified atom stereocenters. The van der Waals surface area contributed by atoms with Gasteiger partial charge in [0.25, 0.3) is 0 Å². The van der Waals surface area contributed by atoms with Crippen LogP contribution < -0.4 is 9.47 Å². The average molecular weight is 322 g/mol. The van der Waals surface area contributed by atoms with Crippen molar-refractivity contribution in [3.8, 4) is 11.5 Å². The molecule has 3 aromatic rings. The minimum absolute atomic E-state index is 0.0262. The van der Waals surface area contributed by atoms with Crippen molar-refractivity contribution in [2.45, 2.75) is 18.8 Å². The van der Waals surface area contributed by atoms with Gasteiger partial charge in [-0.2, -0.15) is 0 Å². The third-order valence-corrected chi connectivity index (χ3v) is 3.86. The average Bonchev–Trinajstić information content (AvgIpc) is 3.27. The Morgan fingerprint density at radius 2 is 1.58 bits per heavy atom. The van der Waals surface area contributed by atoms with E-state index in [4.69, 9.17) is 18.6 Å². The Balaban J connectivity index is 1.27. The van der Waals surface area contributed by atoms with Crippen LogP contribution in [0.15, 0.2) is 77.4 Å². The molecule has 1 aromatic heterocycles. The fourth-order valence-corrected chi connectivity index (χ4v) is 2.52. The lowest BCUT2D eigenvalue weighted by Crippen LogP contribution is -2.04. The van der Waals surface area contributed by atoms with Crippen LogP contribution in [-0.4, -0.2) is 12.7 Å². The van der Waals surface area contributed by atoms with E-state index in [1.54, 1.807) is 6.26 Å². The van der Waals surface area contributed by atoms with Crippen LogP contribution in [-0.2, 0) is 11.3 Å². The number of benzene rings is 2. The minimum atomic E-state index is -0.0530. The van der Waals surface area contributed by atoms with Crippen LogP contribution in [0.25, 0.3) is 0 Å². The fraction of sp³-hybridized carbons (Fsp3) is 0.200. The number of furan rings is 1. The second kappa shape index (κ2) is 6.81.